The standard InChI is InChI=1S/C28H26ClNO7/c1-5-20(28(32)30-17-11-13-22(33-2)19(29)15-17)36-27-25(31)18-8-6-7-9-21(18)37-26(27)16-10-12-23(34-3)24(14-16)35-4/h6-15,20H,5H2,1-4H3,(H,30,32). The summed E-state index contributed by atoms with van der Waals surface area (Å²) in [4.78, 5) is 26.7. The Morgan fingerprint density at radius 3 is 2.32 bits per heavy atom. The van der Waals surface area contributed by atoms with Gasteiger partial charge in [-0.3, -0.25) is 9.59 Å². The Bertz CT molecular complexity index is 1500. The first-order chi connectivity index (χ1) is 17.9. The molecule has 192 valence electrons. The van der Waals surface area contributed by atoms with E-state index in [2.05, 4.69) is 5.32 Å². The molecule has 8 nitrogen and oxygen atoms in total. The number of anilines is 1. The minimum atomic E-state index is -0.996. The summed E-state index contributed by atoms with van der Waals surface area (Å²) in [6.07, 6.45) is -0.711. The molecule has 9 heteroatoms. The van der Waals surface area contributed by atoms with Crippen LogP contribution in [0.5, 0.6) is 23.0 Å². The number of nitrogens with one attached hydrogen (secondary N) is 1. The fraction of sp³-hybridized carbons (Fsp3) is 0.214. The molecule has 4 aromatic rings. The molecule has 37 heavy (non-hydrogen) atoms. The lowest BCUT2D eigenvalue weighted by atomic mass is 10.1. The van der Waals surface area contributed by atoms with E-state index in [0.29, 0.717) is 44.5 Å². The molecule has 1 aromatic heterocycles. The van der Waals surface area contributed by atoms with Crippen LogP contribution in [0.3, 0.4) is 0 Å². The summed E-state index contributed by atoms with van der Waals surface area (Å²) in [6.45, 7) is 1.78. The van der Waals surface area contributed by atoms with Gasteiger partial charge in [0.25, 0.3) is 5.91 Å². The highest BCUT2D eigenvalue weighted by Gasteiger charge is 2.26. The molecule has 0 fully saturated rings. The van der Waals surface area contributed by atoms with Gasteiger partial charge in [0, 0.05) is 11.3 Å². The average Bonchev–Trinajstić information content (AvgIpc) is 2.92. The zero-order valence-corrected chi connectivity index (χ0v) is 21.5. The third-order valence-corrected chi connectivity index (χ3v) is 6.04. The van der Waals surface area contributed by atoms with Gasteiger partial charge in [-0.25, -0.2) is 0 Å². The SMILES string of the molecule is CCC(Oc1c(-c2ccc(OC)c(OC)c2)oc2ccccc2c1=O)C(=O)Nc1ccc(OC)c(Cl)c1. The molecule has 1 heterocycles. The largest absolute Gasteiger partial charge is 0.495 e. The molecule has 0 bridgehead atoms. The summed E-state index contributed by atoms with van der Waals surface area (Å²) >= 11 is 6.19. The number of para-hydroxylation sites is 1. The summed E-state index contributed by atoms with van der Waals surface area (Å²) in [5, 5.41) is 3.46. The van der Waals surface area contributed by atoms with Gasteiger partial charge in [0.15, 0.2) is 23.4 Å². The van der Waals surface area contributed by atoms with Gasteiger partial charge in [0.2, 0.25) is 11.2 Å². The minimum Gasteiger partial charge on any atom is -0.495 e. The summed E-state index contributed by atoms with van der Waals surface area (Å²) in [5.41, 5.74) is 0.969. The maximum absolute atomic E-state index is 13.5. The maximum Gasteiger partial charge on any atom is 0.265 e. The van der Waals surface area contributed by atoms with E-state index in [9.17, 15) is 9.59 Å². The van der Waals surface area contributed by atoms with Crippen molar-refractivity contribution in [2.45, 2.75) is 19.4 Å². The molecule has 0 saturated carbocycles. The van der Waals surface area contributed by atoms with Crippen molar-refractivity contribution in [3.05, 3.63) is 75.9 Å². The molecule has 1 amide bonds. The summed E-state index contributed by atoms with van der Waals surface area (Å²) in [6, 6.07) is 16.8. The Hall–Kier alpha value is -4.17. The number of ether oxygens (including phenoxy) is 4. The van der Waals surface area contributed by atoms with Crippen LogP contribution in [-0.4, -0.2) is 33.3 Å². The highest BCUT2D eigenvalue weighted by molar-refractivity contribution is 6.32. The Morgan fingerprint density at radius 2 is 1.65 bits per heavy atom. The second-order valence-electron chi connectivity index (χ2n) is 8.01. The van der Waals surface area contributed by atoms with Crippen LogP contribution in [0.25, 0.3) is 22.3 Å². The van der Waals surface area contributed by atoms with E-state index >= 15 is 0 Å². The zero-order valence-electron chi connectivity index (χ0n) is 20.8. The van der Waals surface area contributed by atoms with Crippen LogP contribution >= 0.6 is 11.6 Å². The van der Waals surface area contributed by atoms with Crippen molar-refractivity contribution in [3.8, 4) is 34.3 Å². The predicted octanol–water partition coefficient (Wildman–Crippen LogP) is 5.94. The molecule has 0 aliphatic carbocycles. The van der Waals surface area contributed by atoms with Gasteiger partial charge < -0.3 is 28.7 Å². The van der Waals surface area contributed by atoms with E-state index in [0.717, 1.165) is 0 Å². The second kappa shape index (κ2) is 11.3. The monoisotopic (exact) mass is 523 g/mol. The average molecular weight is 524 g/mol. The number of amides is 1. The molecule has 0 aliphatic heterocycles. The fourth-order valence-corrected chi connectivity index (χ4v) is 4.09. The first kappa shape index (κ1) is 25.9. The van der Waals surface area contributed by atoms with Crippen LogP contribution in [0.4, 0.5) is 5.69 Å². The van der Waals surface area contributed by atoms with Crippen molar-refractivity contribution in [2.24, 2.45) is 0 Å². The normalized spacial score (nSPS) is 11.6. The molecular formula is C28H26ClNO7. The lowest BCUT2D eigenvalue weighted by molar-refractivity contribution is -0.122. The van der Waals surface area contributed by atoms with Gasteiger partial charge in [-0.15, -0.1) is 0 Å². The van der Waals surface area contributed by atoms with Crippen LogP contribution < -0.4 is 29.7 Å². The number of hydrogen-bond donors (Lipinski definition) is 1. The third-order valence-electron chi connectivity index (χ3n) is 5.74. The fourth-order valence-electron chi connectivity index (χ4n) is 3.83. The number of carbonyl (C=O) groups is 1. The Balaban J connectivity index is 1.75. The molecule has 1 atom stereocenters. The van der Waals surface area contributed by atoms with Gasteiger partial charge in [-0.05, 0) is 55.0 Å². The van der Waals surface area contributed by atoms with E-state index in [1.807, 2.05) is 0 Å². The molecule has 1 N–H and O–H groups in total. The highest BCUT2D eigenvalue weighted by atomic mass is 35.5. The highest BCUT2D eigenvalue weighted by Crippen LogP contribution is 2.37. The number of carbonyl (C=O) groups excluding carboxylic acids is 1. The Labute approximate surface area is 218 Å². The van der Waals surface area contributed by atoms with Gasteiger partial charge >= 0.3 is 0 Å². The quantitative estimate of drug-likeness (QED) is 0.290. The zero-order chi connectivity index (χ0) is 26.5. The van der Waals surface area contributed by atoms with Crippen LogP contribution in [0.15, 0.2) is 69.9 Å². The number of halogens is 1. The third kappa shape index (κ3) is 5.34. The number of benzene rings is 3. The van der Waals surface area contributed by atoms with Gasteiger partial charge in [-0.1, -0.05) is 30.7 Å². The van der Waals surface area contributed by atoms with E-state index in [4.69, 9.17) is 35.0 Å². The van der Waals surface area contributed by atoms with Crippen LogP contribution in [0.1, 0.15) is 13.3 Å². The lowest BCUT2D eigenvalue weighted by Crippen LogP contribution is -2.34. The topological polar surface area (TPSA) is 96.2 Å². The molecule has 0 spiro atoms. The maximum atomic E-state index is 13.5. The van der Waals surface area contributed by atoms with E-state index < -0.39 is 17.4 Å². The number of rotatable bonds is 9. The van der Waals surface area contributed by atoms with Crippen molar-refractivity contribution in [1.29, 1.82) is 0 Å². The van der Waals surface area contributed by atoms with Crippen molar-refractivity contribution in [3.63, 3.8) is 0 Å². The summed E-state index contributed by atoms with van der Waals surface area (Å²) in [5.74, 6) is 1.08. The predicted molar refractivity (Wildman–Crippen MR) is 142 cm³/mol. The summed E-state index contributed by atoms with van der Waals surface area (Å²) in [7, 11) is 4.55. The van der Waals surface area contributed by atoms with Gasteiger partial charge in [0.05, 0.1) is 31.7 Å². The van der Waals surface area contributed by atoms with Crippen molar-refractivity contribution >= 4 is 34.2 Å². The Kier molecular flexibility index (Phi) is 7.89. The number of hydrogen-bond acceptors (Lipinski definition) is 7. The first-order valence-electron chi connectivity index (χ1n) is 11.5. The van der Waals surface area contributed by atoms with Crippen molar-refractivity contribution in [2.75, 3.05) is 26.6 Å². The number of methoxy groups -OCH3 is 3. The first-order valence-corrected chi connectivity index (χ1v) is 11.9. The molecule has 1 unspecified atom stereocenters. The van der Waals surface area contributed by atoms with Crippen molar-refractivity contribution in [1.82, 2.24) is 0 Å². The van der Waals surface area contributed by atoms with Crippen LogP contribution in [0.2, 0.25) is 5.02 Å². The van der Waals surface area contributed by atoms with E-state index in [-0.39, 0.29) is 17.9 Å². The lowest BCUT2D eigenvalue weighted by Gasteiger charge is -2.19. The van der Waals surface area contributed by atoms with Gasteiger partial charge in [-0.2, -0.15) is 0 Å². The van der Waals surface area contributed by atoms with Crippen molar-refractivity contribution < 1.29 is 28.2 Å². The smallest absolute Gasteiger partial charge is 0.265 e. The minimum absolute atomic E-state index is 0.0827. The molecule has 4 rings (SSSR count). The van der Waals surface area contributed by atoms with Gasteiger partial charge in [0.1, 0.15) is 11.3 Å². The second-order valence-corrected chi connectivity index (χ2v) is 8.42. The van der Waals surface area contributed by atoms with E-state index in [1.165, 1.54) is 21.3 Å². The van der Waals surface area contributed by atoms with Crippen LogP contribution in [-0.2, 0) is 4.79 Å². The molecule has 0 aliphatic rings. The Morgan fingerprint density at radius 1 is 0.946 bits per heavy atom. The molecular weight excluding hydrogens is 498 g/mol. The molecule has 0 saturated heterocycles. The molecule has 0 radical (unpaired) electrons. The number of fused-ring (bicyclic) bond motifs is 1. The van der Waals surface area contributed by atoms with E-state index in [1.54, 1.807) is 67.6 Å². The molecule has 3 aromatic carbocycles. The van der Waals surface area contributed by atoms with Crippen LogP contribution in [0, 0.1) is 0 Å². The summed E-state index contributed by atoms with van der Waals surface area (Å²) < 4.78 is 28.1.